The van der Waals surface area contributed by atoms with Crippen molar-refractivity contribution >= 4 is 50.5 Å². The molecular weight excluding hydrogens is 440 g/mol. The first-order chi connectivity index (χ1) is 14.6. The average molecular weight is 463 g/mol. The van der Waals surface area contributed by atoms with Crippen LogP contribution in [0, 0.1) is 12.3 Å². The van der Waals surface area contributed by atoms with Crippen LogP contribution < -0.4 is 16.8 Å². The zero-order valence-electron chi connectivity index (χ0n) is 17.5. The third-order valence-electron chi connectivity index (χ3n) is 5.33. The molecule has 1 aliphatic rings. The first-order valence-corrected chi connectivity index (χ1v) is 11.3. The lowest BCUT2D eigenvalue weighted by atomic mass is 9.75. The van der Waals surface area contributed by atoms with Crippen molar-refractivity contribution in [1.82, 2.24) is 15.2 Å². The number of Topliss-reactive ketones (excluding diaryl/α,β-unsaturated/α-hetero) is 1. The summed E-state index contributed by atoms with van der Waals surface area (Å²) in [5, 5.41) is 3.67. The molecule has 0 saturated carbocycles. The van der Waals surface area contributed by atoms with Crippen molar-refractivity contribution in [2.24, 2.45) is 11.3 Å². The Morgan fingerprint density at radius 1 is 1.26 bits per heavy atom. The number of carbonyl (C=O) groups is 3. The number of aryl methyl sites for hydroxylation is 1. The monoisotopic (exact) mass is 462 g/mol. The number of nitrogens with two attached hydrogens (primary N) is 1. The predicted molar refractivity (Wildman–Crippen MR) is 118 cm³/mol. The topological polar surface area (TPSA) is 136 Å². The number of esters is 1. The minimum atomic E-state index is -0.565. The van der Waals surface area contributed by atoms with Gasteiger partial charge >= 0.3 is 5.97 Å². The van der Waals surface area contributed by atoms with Crippen LogP contribution >= 0.6 is 22.7 Å². The molecule has 0 spiro atoms. The highest BCUT2D eigenvalue weighted by atomic mass is 32.1. The summed E-state index contributed by atoms with van der Waals surface area (Å²) in [6, 6.07) is 0. The van der Waals surface area contributed by atoms with Gasteiger partial charge in [-0.3, -0.25) is 24.9 Å². The summed E-state index contributed by atoms with van der Waals surface area (Å²) in [4.78, 5) is 52.2. The minimum Gasteiger partial charge on any atom is -0.462 e. The van der Waals surface area contributed by atoms with Crippen molar-refractivity contribution < 1.29 is 19.1 Å². The molecule has 3 aromatic heterocycles. The number of H-pyrrole nitrogens is 1. The van der Waals surface area contributed by atoms with Gasteiger partial charge in [0.2, 0.25) is 0 Å². The second-order valence-electron chi connectivity index (χ2n) is 8.24. The number of carbonyl (C=O) groups excluding carboxylic acids is 3. The molecule has 4 N–H and O–H groups in total. The first-order valence-electron chi connectivity index (χ1n) is 9.71. The lowest BCUT2D eigenvalue weighted by Crippen LogP contribution is -2.29. The number of ketones is 1. The average Bonchev–Trinajstić information content (AvgIpc) is 3.32. The van der Waals surface area contributed by atoms with Crippen LogP contribution in [0.2, 0.25) is 0 Å². The van der Waals surface area contributed by atoms with E-state index in [-0.39, 0.29) is 23.4 Å². The first kappa shape index (κ1) is 21.5. The number of fused-ring (bicyclic) bond motifs is 2. The van der Waals surface area contributed by atoms with E-state index in [1.54, 1.807) is 13.8 Å². The zero-order chi connectivity index (χ0) is 22.7. The Kier molecular flexibility index (Phi) is 5.15. The molecule has 0 radical (unpaired) electrons. The van der Waals surface area contributed by atoms with E-state index in [0.717, 1.165) is 22.7 Å². The number of aromatic nitrogens is 2. The van der Waals surface area contributed by atoms with Crippen molar-refractivity contribution in [3.63, 3.8) is 0 Å². The Bertz CT molecular complexity index is 1310. The van der Waals surface area contributed by atoms with Gasteiger partial charge in [0.25, 0.3) is 11.5 Å². The van der Waals surface area contributed by atoms with Crippen LogP contribution in [0.1, 0.15) is 68.0 Å². The molecule has 0 aromatic carbocycles. The number of nitrogens with zero attached hydrogens (tertiary/aromatic N) is 1. The molecule has 0 atom stereocenters. The van der Waals surface area contributed by atoms with Crippen molar-refractivity contribution in [3.8, 4) is 5.00 Å². The quantitative estimate of drug-likeness (QED) is 0.236. The minimum absolute atomic E-state index is 0.0486. The number of hydrogen-bond acceptors (Lipinski definition) is 8. The van der Waals surface area contributed by atoms with Crippen LogP contribution in [-0.4, -0.2) is 34.0 Å². The largest absolute Gasteiger partial charge is 0.462 e. The fraction of sp³-hybridized carbons (Fsp3) is 0.400. The molecule has 31 heavy (non-hydrogen) atoms. The van der Waals surface area contributed by atoms with Gasteiger partial charge in [-0.15, -0.1) is 22.7 Å². The number of aromatic amines is 1. The smallest absolute Gasteiger partial charge is 0.341 e. The zero-order valence-corrected chi connectivity index (χ0v) is 19.1. The van der Waals surface area contributed by atoms with E-state index in [1.807, 2.05) is 13.8 Å². The van der Waals surface area contributed by atoms with Gasteiger partial charge in [-0.2, -0.15) is 0 Å². The molecule has 164 valence electrons. The highest BCUT2D eigenvalue weighted by Crippen LogP contribution is 2.43. The van der Waals surface area contributed by atoms with Gasteiger partial charge in [-0.05, 0) is 36.8 Å². The molecule has 0 unspecified atom stereocenters. The molecule has 3 heterocycles. The molecule has 4 rings (SSSR count). The highest BCUT2D eigenvalue weighted by Gasteiger charge is 2.38. The Morgan fingerprint density at radius 2 is 1.97 bits per heavy atom. The fourth-order valence-corrected chi connectivity index (χ4v) is 6.31. The van der Waals surface area contributed by atoms with E-state index in [1.165, 1.54) is 4.68 Å². The SMILES string of the molecule is CCOC(=O)c1c(-n2[nH]c3sc(C(=O)NN)c(C)c3c2=O)sc2c1CC(C)(C)CC2=O. The van der Waals surface area contributed by atoms with Gasteiger partial charge < -0.3 is 4.74 Å². The number of rotatable bonds is 4. The van der Waals surface area contributed by atoms with Crippen molar-refractivity contribution in [2.45, 2.75) is 40.5 Å². The number of ether oxygens (including phenoxy) is 1. The maximum absolute atomic E-state index is 13.3. The number of amides is 1. The van der Waals surface area contributed by atoms with E-state index in [0.29, 0.717) is 48.9 Å². The lowest BCUT2D eigenvalue weighted by molar-refractivity contribution is 0.0524. The van der Waals surface area contributed by atoms with Crippen LogP contribution in [0.15, 0.2) is 4.79 Å². The van der Waals surface area contributed by atoms with E-state index >= 15 is 0 Å². The summed E-state index contributed by atoms with van der Waals surface area (Å²) in [5.41, 5.74) is 2.74. The molecule has 3 aromatic rings. The summed E-state index contributed by atoms with van der Waals surface area (Å²) in [5.74, 6) is 4.13. The molecule has 0 fully saturated rings. The van der Waals surface area contributed by atoms with Gasteiger partial charge in [0.05, 0.1) is 21.7 Å². The van der Waals surface area contributed by atoms with Crippen molar-refractivity contribution in [3.05, 3.63) is 36.8 Å². The number of nitrogen functional groups attached to an aromatic ring is 1. The van der Waals surface area contributed by atoms with Crippen LogP contribution in [0.3, 0.4) is 0 Å². The fourth-order valence-electron chi connectivity index (χ4n) is 4.01. The second kappa shape index (κ2) is 7.43. The number of thiophene rings is 2. The van der Waals surface area contributed by atoms with E-state index < -0.39 is 17.4 Å². The molecule has 9 nitrogen and oxygen atoms in total. The Hall–Kier alpha value is -2.76. The number of nitrogens with one attached hydrogen (secondary N) is 2. The summed E-state index contributed by atoms with van der Waals surface area (Å²) in [6.45, 7) is 7.50. The number of hydrogen-bond donors (Lipinski definition) is 3. The van der Waals surface area contributed by atoms with Gasteiger partial charge in [0, 0.05) is 6.42 Å². The van der Waals surface area contributed by atoms with Crippen LogP contribution in [0.5, 0.6) is 0 Å². The molecular formula is C20H22N4O5S2. The summed E-state index contributed by atoms with van der Waals surface area (Å²) in [6.07, 6.45) is 0.899. The van der Waals surface area contributed by atoms with Crippen LogP contribution in [0.25, 0.3) is 15.2 Å². The predicted octanol–water partition coefficient (Wildman–Crippen LogP) is 2.69. The Labute approximate surface area is 185 Å². The maximum atomic E-state index is 13.3. The molecule has 1 amide bonds. The Morgan fingerprint density at radius 3 is 2.58 bits per heavy atom. The summed E-state index contributed by atoms with van der Waals surface area (Å²) < 4.78 is 6.54. The Balaban J connectivity index is 1.97. The van der Waals surface area contributed by atoms with E-state index in [9.17, 15) is 19.2 Å². The van der Waals surface area contributed by atoms with Crippen LogP contribution in [0.4, 0.5) is 0 Å². The highest BCUT2D eigenvalue weighted by molar-refractivity contribution is 7.20. The third kappa shape index (κ3) is 3.33. The van der Waals surface area contributed by atoms with Crippen molar-refractivity contribution in [1.29, 1.82) is 0 Å². The molecule has 1 aliphatic carbocycles. The van der Waals surface area contributed by atoms with E-state index in [2.05, 4.69) is 10.5 Å². The second-order valence-corrected chi connectivity index (χ2v) is 10.3. The molecule has 11 heteroatoms. The summed E-state index contributed by atoms with van der Waals surface area (Å²) in [7, 11) is 0. The van der Waals surface area contributed by atoms with Crippen molar-refractivity contribution in [2.75, 3.05) is 6.61 Å². The molecule has 0 aliphatic heterocycles. The van der Waals surface area contributed by atoms with Gasteiger partial charge in [0.1, 0.15) is 15.4 Å². The summed E-state index contributed by atoms with van der Waals surface area (Å²) >= 11 is 2.22. The molecule has 0 saturated heterocycles. The maximum Gasteiger partial charge on any atom is 0.341 e. The van der Waals surface area contributed by atoms with Gasteiger partial charge in [-0.25, -0.2) is 15.3 Å². The van der Waals surface area contributed by atoms with Gasteiger partial charge in [0.15, 0.2) is 5.78 Å². The number of hydrazine groups is 1. The molecule has 0 bridgehead atoms. The van der Waals surface area contributed by atoms with E-state index in [4.69, 9.17) is 10.6 Å². The normalized spacial score (nSPS) is 15.2. The third-order valence-corrected chi connectivity index (χ3v) is 7.79. The van der Waals surface area contributed by atoms with Gasteiger partial charge in [-0.1, -0.05) is 13.8 Å². The van der Waals surface area contributed by atoms with Crippen LogP contribution in [-0.2, 0) is 11.2 Å². The lowest BCUT2D eigenvalue weighted by Gasteiger charge is -2.28. The standard InChI is InChI=1S/C20H22N4O5S2/c1-5-29-19(28)12-9-6-20(3,4)7-10(25)14(9)31-18(12)24-17(27)11-8(2)13(15(26)22-21)30-16(11)23-24/h23H,5-7,21H2,1-4H3,(H,22,26).